The Morgan fingerprint density at radius 3 is 2.76 bits per heavy atom. The predicted octanol–water partition coefficient (Wildman–Crippen LogP) is 3.91. The van der Waals surface area contributed by atoms with E-state index in [1.165, 1.54) is 11.3 Å². The van der Waals surface area contributed by atoms with Crippen LogP contribution < -0.4 is 10.6 Å². The van der Waals surface area contributed by atoms with Gasteiger partial charge in [0.05, 0.1) is 6.04 Å². The summed E-state index contributed by atoms with van der Waals surface area (Å²) in [5, 5.41) is 6.39. The Hall–Kier alpha value is -1.81. The van der Waals surface area contributed by atoms with E-state index in [2.05, 4.69) is 44.8 Å². The number of nitrogens with one attached hydrogen (secondary N) is 2. The lowest BCUT2D eigenvalue weighted by molar-refractivity contribution is 0.0940. The SMILES string of the molecule is C[C@@H](NC(=O)c1ccc(Br)cc1)c1ccc2c(c1)CCN2. The van der Waals surface area contributed by atoms with Crippen molar-refractivity contribution in [3.63, 3.8) is 0 Å². The maximum absolute atomic E-state index is 12.2. The number of hydrogen-bond acceptors (Lipinski definition) is 2. The maximum atomic E-state index is 12.2. The number of halogens is 1. The smallest absolute Gasteiger partial charge is 0.251 e. The minimum atomic E-state index is -0.0476. The van der Waals surface area contributed by atoms with Crippen LogP contribution in [0, 0.1) is 0 Å². The summed E-state index contributed by atoms with van der Waals surface area (Å²) >= 11 is 3.37. The van der Waals surface area contributed by atoms with Gasteiger partial charge in [-0.2, -0.15) is 0 Å². The van der Waals surface area contributed by atoms with E-state index in [1.54, 1.807) is 0 Å². The van der Waals surface area contributed by atoms with Crippen LogP contribution in [0.1, 0.15) is 34.5 Å². The summed E-state index contributed by atoms with van der Waals surface area (Å²) in [5.74, 6) is -0.0476. The summed E-state index contributed by atoms with van der Waals surface area (Å²) in [4.78, 5) is 12.2. The van der Waals surface area contributed by atoms with Gasteiger partial charge in [-0.25, -0.2) is 0 Å². The van der Waals surface area contributed by atoms with Crippen molar-refractivity contribution in [1.29, 1.82) is 0 Å². The van der Waals surface area contributed by atoms with E-state index in [4.69, 9.17) is 0 Å². The molecule has 0 saturated carbocycles. The molecule has 1 heterocycles. The van der Waals surface area contributed by atoms with Gasteiger partial charge in [-0.3, -0.25) is 4.79 Å². The Kier molecular flexibility index (Phi) is 3.97. The standard InChI is InChI=1S/C17H17BrN2O/c1-11(13-4-7-16-14(10-13)8-9-19-16)20-17(21)12-2-5-15(18)6-3-12/h2-7,10-11,19H,8-9H2,1H3,(H,20,21)/t11-/m1/s1. The van der Waals surface area contributed by atoms with E-state index in [9.17, 15) is 4.79 Å². The third kappa shape index (κ3) is 3.10. The van der Waals surface area contributed by atoms with Crippen molar-refractivity contribution in [3.05, 3.63) is 63.6 Å². The fraction of sp³-hybridized carbons (Fsp3) is 0.235. The Bertz CT molecular complexity index is 667. The number of anilines is 1. The lowest BCUT2D eigenvalue weighted by Gasteiger charge is -2.15. The average Bonchev–Trinajstić information content (AvgIpc) is 2.95. The first-order chi connectivity index (χ1) is 10.1. The summed E-state index contributed by atoms with van der Waals surface area (Å²) in [7, 11) is 0. The molecule has 0 saturated heterocycles. The Labute approximate surface area is 132 Å². The topological polar surface area (TPSA) is 41.1 Å². The van der Waals surface area contributed by atoms with E-state index < -0.39 is 0 Å². The molecule has 1 amide bonds. The summed E-state index contributed by atoms with van der Waals surface area (Å²) in [6, 6.07) is 13.7. The van der Waals surface area contributed by atoms with Gasteiger partial charge in [-0.15, -0.1) is 0 Å². The number of rotatable bonds is 3. The van der Waals surface area contributed by atoms with E-state index in [0.29, 0.717) is 5.56 Å². The Balaban J connectivity index is 1.72. The van der Waals surface area contributed by atoms with Gasteiger partial charge in [0.15, 0.2) is 0 Å². The molecule has 0 unspecified atom stereocenters. The number of carbonyl (C=O) groups excluding carboxylic acids is 1. The van der Waals surface area contributed by atoms with Crippen LogP contribution in [-0.2, 0) is 6.42 Å². The molecule has 3 nitrogen and oxygen atoms in total. The first-order valence-electron chi connectivity index (χ1n) is 7.06. The van der Waals surface area contributed by atoms with Gasteiger partial charge in [0.2, 0.25) is 0 Å². The van der Waals surface area contributed by atoms with Crippen LogP contribution >= 0.6 is 15.9 Å². The second kappa shape index (κ2) is 5.90. The highest BCUT2D eigenvalue weighted by molar-refractivity contribution is 9.10. The average molecular weight is 345 g/mol. The van der Waals surface area contributed by atoms with Crippen molar-refractivity contribution < 1.29 is 4.79 Å². The number of amides is 1. The van der Waals surface area contributed by atoms with Crippen LogP contribution in [0.4, 0.5) is 5.69 Å². The molecule has 3 rings (SSSR count). The fourth-order valence-electron chi connectivity index (χ4n) is 2.56. The minimum absolute atomic E-state index is 0.00736. The number of benzene rings is 2. The highest BCUT2D eigenvalue weighted by Gasteiger charge is 2.15. The van der Waals surface area contributed by atoms with Crippen molar-refractivity contribution in [1.82, 2.24) is 5.32 Å². The molecule has 2 aromatic carbocycles. The van der Waals surface area contributed by atoms with Gasteiger partial charge >= 0.3 is 0 Å². The minimum Gasteiger partial charge on any atom is -0.384 e. The van der Waals surface area contributed by atoms with Crippen LogP contribution in [0.15, 0.2) is 46.9 Å². The van der Waals surface area contributed by atoms with E-state index in [-0.39, 0.29) is 11.9 Å². The van der Waals surface area contributed by atoms with Gasteiger partial charge in [-0.05, 0) is 54.8 Å². The first-order valence-corrected chi connectivity index (χ1v) is 7.86. The van der Waals surface area contributed by atoms with Crippen LogP contribution in [0.2, 0.25) is 0 Å². The molecule has 2 N–H and O–H groups in total. The summed E-state index contributed by atoms with van der Waals surface area (Å²) < 4.78 is 0.971. The Morgan fingerprint density at radius 2 is 2.00 bits per heavy atom. The van der Waals surface area contributed by atoms with Crippen LogP contribution in [-0.4, -0.2) is 12.5 Å². The molecule has 1 aliphatic heterocycles. The molecule has 0 fully saturated rings. The molecular weight excluding hydrogens is 328 g/mol. The molecule has 0 aliphatic carbocycles. The van der Waals surface area contributed by atoms with Crippen molar-refractivity contribution in [2.24, 2.45) is 0 Å². The monoisotopic (exact) mass is 344 g/mol. The number of hydrogen-bond donors (Lipinski definition) is 2. The summed E-state index contributed by atoms with van der Waals surface area (Å²) in [5.41, 5.74) is 4.36. The molecule has 4 heteroatoms. The summed E-state index contributed by atoms with van der Waals surface area (Å²) in [6.45, 7) is 3.01. The zero-order chi connectivity index (χ0) is 14.8. The largest absolute Gasteiger partial charge is 0.384 e. The molecule has 0 bridgehead atoms. The highest BCUT2D eigenvalue weighted by Crippen LogP contribution is 2.25. The molecule has 0 spiro atoms. The second-order valence-electron chi connectivity index (χ2n) is 5.30. The molecule has 108 valence electrons. The van der Waals surface area contributed by atoms with Gasteiger partial charge in [0.1, 0.15) is 0 Å². The summed E-state index contributed by atoms with van der Waals surface area (Å²) in [6.07, 6.45) is 1.05. The normalized spacial score (nSPS) is 14.2. The third-order valence-corrected chi connectivity index (χ3v) is 4.32. The Morgan fingerprint density at radius 1 is 1.24 bits per heavy atom. The molecule has 0 aromatic heterocycles. The van der Waals surface area contributed by atoms with Crippen LogP contribution in [0.5, 0.6) is 0 Å². The number of carbonyl (C=O) groups is 1. The molecule has 2 aromatic rings. The van der Waals surface area contributed by atoms with Crippen molar-refractivity contribution in [2.45, 2.75) is 19.4 Å². The predicted molar refractivity (Wildman–Crippen MR) is 88.7 cm³/mol. The maximum Gasteiger partial charge on any atom is 0.251 e. The number of fused-ring (bicyclic) bond motifs is 1. The van der Waals surface area contributed by atoms with E-state index in [1.807, 2.05) is 31.2 Å². The highest BCUT2D eigenvalue weighted by atomic mass is 79.9. The third-order valence-electron chi connectivity index (χ3n) is 3.79. The zero-order valence-corrected chi connectivity index (χ0v) is 13.4. The van der Waals surface area contributed by atoms with Gasteiger partial charge in [0, 0.05) is 22.3 Å². The quantitative estimate of drug-likeness (QED) is 0.886. The molecule has 21 heavy (non-hydrogen) atoms. The molecular formula is C17H17BrN2O. The van der Waals surface area contributed by atoms with Crippen LogP contribution in [0.25, 0.3) is 0 Å². The molecule has 1 atom stereocenters. The van der Waals surface area contributed by atoms with Gasteiger partial charge in [0.25, 0.3) is 5.91 Å². The van der Waals surface area contributed by atoms with Crippen molar-refractivity contribution >= 4 is 27.5 Å². The molecule has 1 aliphatic rings. The van der Waals surface area contributed by atoms with Crippen molar-refractivity contribution in [2.75, 3.05) is 11.9 Å². The molecule has 0 radical (unpaired) electrons. The lowest BCUT2D eigenvalue weighted by Crippen LogP contribution is -2.26. The zero-order valence-electron chi connectivity index (χ0n) is 11.8. The van der Waals surface area contributed by atoms with Gasteiger partial charge in [-0.1, -0.05) is 28.1 Å². The first kappa shape index (κ1) is 14.1. The van der Waals surface area contributed by atoms with Gasteiger partial charge < -0.3 is 10.6 Å². The van der Waals surface area contributed by atoms with E-state index in [0.717, 1.165) is 23.0 Å². The fourth-order valence-corrected chi connectivity index (χ4v) is 2.82. The van der Waals surface area contributed by atoms with Crippen molar-refractivity contribution in [3.8, 4) is 0 Å². The van der Waals surface area contributed by atoms with Crippen LogP contribution in [0.3, 0.4) is 0 Å². The van der Waals surface area contributed by atoms with E-state index >= 15 is 0 Å². The lowest BCUT2D eigenvalue weighted by atomic mass is 10.0. The second-order valence-corrected chi connectivity index (χ2v) is 6.21.